The maximum absolute atomic E-state index is 12.3. The van der Waals surface area contributed by atoms with Crippen LogP contribution >= 0.6 is 0 Å². The van der Waals surface area contributed by atoms with Crippen LogP contribution in [0.1, 0.15) is 47.8 Å². The zero-order valence-corrected chi connectivity index (χ0v) is 17.0. The van der Waals surface area contributed by atoms with Crippen molar-refractivity contribution in [3.05, 3.63) is 38.8 Å². The number of hydrogen-bond donors (Lipinski definition) is 1. The first kappa shape index (κ1) is 21.4. The molecule has 2 rings (SSSR count). The topological polar surface area (TPSA) is 119 Å². The van der Waals surface area contributed by atoms with Crippen LogP contribution in [0.2, 0.25) is 0 Å². The van der Waals surface area contributed by atoms with Crippen LogP contribution in [0.25, 0.3) is 10.4 Å². The summed E-state index contributed by atoms with van der Waals surface area (Å²) in [7, 11) is 0. The molecule has 0 unspecified atom stereocenters. The molecule has 152 valence electrons. The lowest BCUT2D eigenvalue weighted by atomic mass is 9.95. The number of amides is 1. The largest absolute Gasteiger partial charge is 0.478 e. The number of carboxylic acid groups (broad SMARTS) is 1. The number of carboxylic acids is 1. The molecule has 1 heterocycles. The molecule has 0 radical (unpaired) electrons. The molecule has 0 bridgehead atoms. The van der Waals surface area contributed by atoms with Crippen molar-refractivity contribution in [3.8, 4) is 0 Å². The summed E-state index contributed by atoms with van der Waals surface area (Å²) in [6.45, 7) is 11.3. The first-order valence-corrected chi connectivity index (χ1v) is 9.15. The number of carbonyl (C=O) groups excluding carboxylic acids is 1. The van der Waals surface area contributed by atoms with Crippen molar-refractivity contribution in [2.45, 2.75) is 46.8 Å². The molecule has 0 aromatic heterocycles. The Bertz CT molecular complexity index is 817. The molecule has 9 nitrogen and oxygen atoms in total. The van der Waals surface area contributed by atoms with Crippen LogP contribution in [-0.2, 0) is 11.3 Å². The van der Waals surface area contributed by atoms with Crippen molar-refractivity contribution in [1.82, 2.24) is 4.90 Å². The first-order chi connectivity index (χ1) is 13.0. The van der Waals surface area contributed by atoms with E-state index in [4.69, 9.17) is 10.3 Å². The number of rotatable bonds is 4. The van der Waals surface area contributed by atoms with Gasteiger partial charge in [0.2, 0.25) is 0 Å². The van der Waals surface area contributed by atoms with Gasteiger partial charge in [0, 0.05) is 36.8 Å². The highest BCUT2D eigenvalue weighted by Gasteiger charge is 2.28. The van der Waals surface area contributed by atoms with Crippen LogP contribution in [-0.4, -0.2) is 53.8 Å². The number of piperazine rings is 1. The minimum Gasteiger partial charge on any atom is -0.478 e. The molecule has 1 aromatic rings. The Balaban J connectivity index is 2.28. The molecule has 0 saturated carbocycles. The summed E-state index contributed by atoms with van der Waals surface area (Å²) < 4.78 is 5.42. The smallest absolute Gasteiger partial charge is 0.410 e. The lowest BCUT2D eigenvalue weighted by Gasteiger charge is -2.38. The second kappa shape index (κ2) is 8.39. The first-order valence-electron chi connectivity index (χ1n) is 9.15. The van der Waals surface area contributed by atoms with Gasteiger partial charge >= 0.3 is 12.1 Å². The third-order valence-electron chi connectivity index (χ3n) is 4.70. The molecule has 1 saturated heterocycles. The van der Waals surface area contributed by atoms with Gasteiger partial charge in [0.15, 0.2) is 0 Å². The predicted octanol–water partition coefficient (Wildman–Crippen LogP) is 3.87. The van der Waals surface area contributed by atoms with Crippen LogP contribution in [0.3, 0.4) is 0 Å². The van der Waals surface area contributed by atoms with E-state index in [1.165, 1.54) is 0 Å². The van der Waals surface area contributed by atoms with E-state index in [-0.39, 0.29) is 18.2 Å². The molecule has 1 fully saturated rings. The minimum absolute atomic E-state index is 0.0910. The molecule has 0 aliphatic carbocycles. The van der Waals surface area contributed by atoms with Crippen molar-refractivity contribution in [2.24, 2.45) is 5.11 Å². The number of azide groups is 1. The van der Waals surface area contributed by atoms with E-state index >= 15 is 0 Å². The van der Waals surface area contributed by atoms with Gasteiger partial charge in [-0.05, 0) is 62.9 Å². The van der Waals surface area contributed by atoms with E-state index in [2.05, 4.69) is 14.9 Å². The molecule has 0 spiro atoms. The highest BCUT2D eigenvalue weighted by molar-refractivity contribution is 5.92. The van der Waals surface area contributed by atoms with Gasteiger partial charge in [0.05, 0.1) is 12.1 Å². The molecule has 1 N–H and O–H groups in total. The third-order valence-corrected chi connectivity index (χ3v) is 4.70. The van der Waals surface area contributed by atoms with Crippen LogP contribution in [0.5, 0.6) is 0 Å². The van der Waals surface area contributed by atoms with Crippen LogP contribution in [0, 0.1) is 13.8 Å². The summed E-state index contributed by atoms with van der Waals surface area (Å²) in [6, 6.07) is 1.57. The predicted molar refractivity (Wildman–Crippen MR) is 106 cm³/mol. The van der Waals surface area contributed by atoms with Gasteiger partial charge in [-0.15, -0.1) is 0 Å². The highest BCUT2D eigenvalue weighted by atomic mass is 16.6. The fourth-order valence-electron chi connectivity index (χ4n) is 3.36. The fraction of sp³-hybridized carbons (Fsp3) is 0.579. The third kappa shape index (κ3) is 4.86. The van der Waals surface area contributed by atoms with Gasteiger partial charge in [-0.1, -0.05) is 5.11 Å². The van der Waals surface area contributed by atoms with Crippen molar-refractivity contribution in [2.75, 3.05) is 31.1 Å². The lowest BCUT2D eigenvalue weighted by Crippen LogP contribution is -2.50. The molecule has 1 aromatic carbocycles. The summed E-state index contributed by atoms with van der Waals surface area (Å²) >= 11 is 0. The molecular formula is C19H27N5O4. The number of anilines is 1. The van der Waals surface area contributed by atoms with Gasteiger partial charge in [0.1, 0.15) is 5.60 Å². The second-order valence-electron chi connectivity index (χ2n) is 7.83. The summed E-state index contributed by atoms with van der Waals surface area (Å²) in [5.41, 5.74) is 11.3. The Kier molecular flexibility index (Phi) is 6.41. The normalized spacial score (nSPS) is 14.5. The minimum atomic E-state index is -1.02. The molecular weight excluding hydrogens is 362 g/mol. The average Bonchev–Trinajstić information content (AvgIpc) is 2.60. The van der Waals surface area contributed by atoms with Crippen molar-refractivity contribution < 1.29 is 19.4 Å². The standard InChI is InChI=1S/C19H27N5O4/c1-12-14(11-21-22-20)10-15(17(25)26)13(2)16(12)23-6-8-24(9-7-23)18(27)28-19(3,4)5/h10H,6-9,11H2,1-5H3,(H,25,26). The Hall–Kier alpha value is -2.93. The number of aromatic carboxylic acids is 1. The Morgan fingerprint density at radius 3 is 2.32 bits per heavy atom. The highest BCUT2D eigenvalue weighted by Crippen LogP contribution is 2.32. The van der Waals surface area contributed by atoms with E-state index in [0.29, 0.717) is 37.3 Å². The monoisotopic (exact) mass is 389 g/mol. The van der Waals surface area contributed by atoms with Gasteiger partial charge in [-0.2, -0.15) is 0 Å². The van der Waals surface area contributed by atoms with E-state index in [9.17, 15) is 14.7 Å². The van der Waals surface area contributed by atoms with Crippen LogP contribution in [0.15, 0.2) is 11.2 Å². The zero-order valence-electron chi connectivity index (χ0n) is 17.0. The molecule has 9 heteroatoms. The van der Waals surface area contributed by atoms with E-state index in [1.54, 1.807) is 17.9 Å². The zero-order chi connectivity index (χ0) is 21.1. The summed E-state index contributed by atoms with van der Waals surface area (Å²) in [5.74, 6) is -1.02. The van der Waals surface area contributed by atoms with Gasteiger partial charge in [-0.25, -0.2) is 9.59 Å². The summed E-state index contributed by atoms with van der Waals surface area (Å²) in [6.07, 6.45) is -0.344. The Morgan fingerprint density at radius 2 is 1.82 bits per heavy atom. The number of carbonyl (C=O) groups is 2. The quantitative estimate of drug-likeness (QED) is 0.476. The molecule has 0 atom stereocenters. The summed E-state index contributed by atoms with van der Waals surface area (Å²) in [4.78, 5) is 30.5. The van der Waals surface area contributed by atoms with Crippen molar-refractivity contribution >= 4 is 17.7 Å². The Morgan fingerprint density at radius 1 is 1.21 bits per heavy atom. The fourth-order valence-corrected chi connectivity index (χ4v) is 3.36. The van der Waals surface area contributed by atoms with Gasteiger partial charge in [-0.3, -0.25) is 0 Å². The summed E-state index contributed by atoms with van der Waals surface area (Å²) in [5, 5.41) is 13.1. The van der Waals surface area contributed by atoms with E-state index in [1.807, 2.05) is 27.7 Å². The number of ether oxygens (including phenoxy) is 1. The number of hydrogen-bond acceptors (Lipinski definition) is 5. The number of nitrogens with zero attached hydrogens (tertiary/aromatic N) is 5. The van der Waals surface area contributed by atoms with Crippen LogP contribution in [0.4, 0.5) is 10.5 Å². The van der Waals surface area contributed by atoms with Gasteiger partial charge < -0.3 is 19.6 Å². The molecule has 1 amide bonds. The van der Waals surface area contributed by atoms with Gasteiger partial charge in [0.25, 0.3) is 0 Å². The Labute approximate surface area is 164 Å². The van der Waals surface area contributed by atoms with Crippen molar-refractivity contribution in [1.29, 1.82) is 0 Å². The van der Waals surface area contributed by atoms with Crippen LogP contribution < -0.4 is 4.90 Å². The molecule has 28 heavy (non-hydrogen) atoms. The maximum Gasteiger partial charge on any atom is 0.410 e. The maximum atomic E-state index is 12.3. The molecule has 1 aliphatic heterocycles. The average molecular weight is 389 g/mol. The molecule has 1 aliphatic rings. The van der Waals surface area contributed by atoms with E-state index in [0.717, 1.165) is 11.3 Å². The second-order valence-corrected chi connectivity index (χ2v) is 7.83. The number of benzene rings is 1. The van der Waals surface area contributed by atoms with Crippen molar-refractivity contribution in [3.63, 3.8) is 0 Å². The van der Waals surface area contributed by atoms with E-state index < -0.39 is 11.6 Å². The SMILES string of the molecule is Cc1c(CN=[N+]=[N-])cc(C(=O)O)c(C)c1N1CCN(C(=O)OC(C)(C)C)CC1. The lowest BCUT2D eigenvalue weighted by molar-refractivity contribution is 0.0240.